The summed E-state index contributed by atoms with van der Waals surface area (Å²) < 4.78 is 12.4. The molecule has 0 bridgehead atoms. The van der Waals surface area contributed by atoms with Crippen LogP contribution in [0.25, 0.3) is 0 Å². The van der Waals surface area contributed by atoms with Crippen LogP contribution in [0, 0.1) is 13.8 Å². The molecule has 1 aliphatic heterocycles. The molecule has 1 heterocycles. The van der Waals surface area contributed by atoms with E-state index in [1.807, 2.05) is 26.0 Å². The van der Waals surface area contributed by atoms with Gasteiger partial charge in [-0.15, -0.1) is 0 Å². The number of rotatable bonds is 5. The van der Waals surface area contributed by atoms with Crippen molar-refractivity contribution in [1.82, 2.24) is 0 Å². The Kier molecular flexibility index (Phi) is 5.56. The Morgan fingerprint density at radius 1 is 1.08 bits per heavy atom. The van der Waals surface area contributed by atoms with Crippen molar-refractivity contribution in [1.29, 1.82) is 0 Å². The van der Waals surface area contributed by atoms with Gasteiger partial charge in [-0.3, -0.25) is 4.79 Å². The van der Waals surface area contributed by atoms with Gasteiger partial charge in [-0.05, 0) is 84.1 Å². The van der Waals surface area contributed by atoms with Crippen LogP contribution in [-0.4, -0.2) is 19.1 Å². The zero-order valence-electron chi connectivity index (χ0n) is 15.6. The largest absolute Gasteiger partial charge is 0.490 e. The molecule has 2 aromatic carbocycles. The highest BCUT2D eigenvalue weighted by molar-refractivity contribution is 9.10. The Morgan fingerprint density at radius 2 is 1.77 bits per heavy atom. The van der Waals surface area contributed by atoms with Crippen LogP contribution in [0.4, 0.5) is 5.69 Å². The average molecular weight is 418 g/mol. The molecule has 1 N–H and O–H groups in total. The van der Waals surface area contributed by atoms with Gasteiger partial charge in [-0.2, -0.15) is 0 Å². The highest BCUT2D eigenvalue weighted by Gasteiger charge is 2.28. The van der Waals surface area contributed by atoms with E-state index in [2.05, 4.69) is 47.2 Å². The van der Waals surface area contributed by atoms with Crippen molar-refractivity contribution in [3.05, 3.63) is 51.0 Å². The van der Waals surface area contributed by atoms with Crippen LogP contribution in [0.1, 0.15) is 48.4 Å². The first-order valence-electron chi connectivity index (χ1n) is 8.94. The molecule has 1 atom stereocenters. The summed E-state index contributed by atoms with van der Waals surface area (Å²) in [5, 5.41) is 3.01. The van der Waals surface area contributed by atoms with Gasteiger partial charge < -0.3 is 14.8 Å². The highest BCUT2D eigenvalue weighted by atomic mass is 79.9. The van der Waals surface area contributed by atoms with Crippen molar-refractivity contribution in [2.24, 2.45) is 0 Å². The molecule has 0 saturated heterocycles. The number of carbonyl (C=O) groups is 1. The number of halogens is 1. The maximum Gasteiger partial charge on any atom is 0.225 e. The highest BCUT2D eigenvalue weighted by Crippen LogP contribution is 2.44. The lowest BCUT2D eigenvalue weighted by atomic mass is 9.83. The molecule has 26 heavy (non-hydrogen) atoms. The lowest BCUT2D eigenvalue weighted by Gasteiger charge is -2.28. The fourth-order valence-corrected chi connectivity index (χ4v) is 3.94. The maximum absolute atomic E-state index is 12.3. The molecular formula is C21H24BrNO3. The Labute approximate surface area is 163 Å². The zero-order chi connectivity index (χ0) is 18.8. The average Bonchev–Trinajstić information content (AvgIpc) is 2.59. The number of nitrogens with one attached hydrogen (secondary N) is 1. The fraction of sp³-hybridized carbons (Fsp3) is 0.381. The Morgan fingerprint density at radius 3 is 2.46 bits per heavy atom. The number of hydrogen-bond acceptors (Lipinski definition) is 3. The number of carbonyl (C=O) groups excluding carboxylic acids is 1. The fourth-order valence-electron chi connectivity index (χ4n) is 3.37. The summed E-state index contributed by atoms with van der Waals surface area (Å²) in [5.74, 6) is 1.44. The van der Waals surface area contributed by atoms with Gasteiger partial charge in [0.15, 0.2) is 11.5 Å². The molecule has 3 rings (SSSR count). The van der Waals surface area contributed by atoms with Crippen molar-refractivity contribution in [2.75, 3.05) is 18.5 Å². The monoisotopic (exact) mass is 417 g/mol. The molecule has 0 spiro atoms. The van der Waals surface area contributed by atoms with Crippen LogP contribution >= 0.6 is 15.9 Å². The van der Waals surface area contributed by atoms with Crippen molar-refractivity contribution in [2.45, 2.75) is 40.0 Å². The van der Waals surface area contributed by atoms with Crippen LogP contribution in [0.5, 0.6) is 11.5 Å². The summed E-state index contributed by atoms with van der Waals surface area (Å²) in [6.07, 6.45) is 0.418. The standard InChI is InChI=1S/C21H24BrNO3/c1-5-25-19-10-14(9-17(22)21(19)26-6-2)15-11-20(24)23-18-8-13(4)12(3)7-16(15)18/h7-10,15H,5-6,11H2,1-4H3,(H,23,24)/t15-/m1/s1. The van der Waals surface area contributed by atoms with E-state index in [0.29, 0.717) is 31.1 Å². The first kappa shape index (κ1) is 18.8. The first-order valence-corrected chi connectivity index (χ1v) is 9.73. The number of benzene rings is 2. The second-order valence-electron chi connectivity index (χ2n) is 6.52. The predicted molar refractivity (Wildman–Crippen MR) is 107 cm³/mol. The zero-order valence-corrected chi connectivity index (χ0v) is 17.2. The summed E-state index contributed by atoms with van der Waals surface area (Å²) in [7, 11) is 0. The summed E-state index contributed by atoms with van der Waals surface area (Å²) in [4.78, 5) is 12.3. The summed E-state index contributed by atoms with van der Waals surface area (Å²) in [6.45, 7) is 9.17. The number of ether oxygens (including phenoxy) is 2. The topological polar surface area (TPSA) is 47.6 Å². The third-order valence-corrected chi connectivity index (χ3v) is 5.32. The second kappa shape index (κ2) is 7.70. The van der Waals surface area contributed by atoms with E-state index in [-0.39, 0.29) is 11.8 Å². The number of amides is 1. The van der Waals surface area contributed by atoms with Gasteiger partial charge >= 0.3 is 0 Å². The molecule has 0 aliphatic carbocycles. The molecule has 0 fully saturated rings. The molecule has 0 unspecified atom stereocenters. The molecule has 0 aromatic heterocycles. The van der Waals surface area contributed by atoms with E-state index in [1.165, 1.54) is 11.1 Å². The van der Waals surface area contributed by atoms with Gasteiger partial charge in [0.2, 0.25) is 5.91 Å². The summed E-state index contributed by atoms with van der Waals surface area (Å²) in [6, 6.07) is 8.28. The Bertz CT molecular complexity index is 848. The van der Waals surface area contributed by atoms with E-state index < -0.39 is 0 Å². The van der Waals surface area contributed by atoms with E-state index in [9.17, 15) is 4.79 Å². The second-order valence-corrected chi connectivity index (χ2v) is 7.38. The minimum absolute atomic E-state index is 0.00997. The molecule has 0 saturated carbocycles. The number of anilines is 1. The van der Waals surface area contributed by atoms with E-state index in [0.717, 1.165) is 21.3 Å². The molecule has 1 aliphatic rings. The Balaban J connectivity index is 2.12. The van der Waals surface area contributed by atoms with Gasteiger partial charge in [0.25, 0.3) is 0 Å². The van der Waals surface area contributed by atoms with Crippen LogP contribution in [-0.2, 0) is 4.79 Å². The van der Waals surface area contributed by atoms with Gasteiger partial charge in [0.1, 0.15) is 0 Å². The molecule has 4 nitrogen and oxygen atoms in total. The lowest BCUT2D eigenvalue weighted by Crippen LogP contribution is -2.24. The minimum Gasteiger partial charge on any atom is -0.490 e. The van der Waals surface area contributed by atoms with E-state index >= 15 is 0 Å². The lowest BCUT2D eigenvalue weighted by molar-refractivity contribution is -0.116. The van der Waals surface area contributed by atoms with Crippen LogP contribution < -0.4 is 14.8 Å². The van der Waals surface area contributed by atoms with Crippen LogP contribution in [0.2, 0.25) is 0 Å². The smallest absolute Gasteiger partial charge is 0.225 e. The van der Waals surface area contributed by atoms with Gasteiger partial charge in [0, 0.05) is 18.0 Å². The van der Waals surface area contributed by atoms with E-state index in [4.69, 9.17) is 9.47 Å². The number of fused-ring (bicyclic) bond motifs is 1. The van der Waals surface area contributed by atoms with Crippen molar-refractivity contribution in [3.8, 4) is 11.5 Å². The quantitative estimate of drug-likeness (QED) is 0.713. The van der Waals surface area contributed by atoms with Crippen LogP contribution in [0.15, 0.2) is 28.7 Å². The summed E-state index contributed by atoms with van der Waals surface area (Å²) >= 11 is 3.61. The van der Waals surface area contributed by atoms with Gasteiger partial charge in [-0.25, -0.2) is 0 Å². The third kappa shape index (κ3) is 3.58. The first-order chi connectivity index (χ1) is 12.4. The van der Waals surface area contributed by atoms with Gasteiger partial charge in [0.05, 0.1) is 17.7 Å². The maximum atomic E-state index is 12.3. The Hall–Kier alpha value is -2.01. The molecular weight excluding hydrogens is 394 g/mol. The SMILES string of the molecule is CCOc1cc([C@H]2CC(=O)Nc3cc(C)c(C)cc32)cc(Br)c1OCC. The van der Waals surface area contributed by atoms with Crippen molar-refractivity contribution in [3.63, 3.8) is 0 Å². The predicted octanol–water partition coefficient (Wildman–Crippen LogP) is 5.34. The minimum atomic E-state index is -0.00997. The molecule has 1 amide bonds. The van der Waals surface area contributed by atoms with Gasteiger partial charge in [-0.1, -0.05) is 6.07 Å². The molecule has 5 heteroatoms. The third-order valence-electron chi connectivity index (χ3n) is 4.73. The van der Waals surface area contributed by atoms with E-state index in [1.54, 1.807) is 0 Å². The van der Waals surface area contributed by atoms with Crippen molar-refractivity contribution >= 4 is 27.5 Å². The van der Waals surface area contributed by atoms with Crippen molar-refractivity contribution < 1.29 is 14.3 Å². The van der Waals surface area contributed by atoms with Crippen LogP contribution in [0.3, 0.4) is 0 Å². The number of hydrogen-bond donors (Lipinski definition) is 1. The molecule has 138 valence electrons. The molecule has 2 aromatic rings. The normalized spacial score (nSPS) is 16.0. The summed E-state index contributed by atoms with van der Waals surface area (Å²) in [5.41, 5.74) is 5.49. The number of aryl methyl sites for hydroxylation is 2. The molecule has 0 radical (unpaired) electrons.